The number of carbonyl (C=O) groups excluding carboxylic acids is 2. The van der Waals surface area contributed by atoms with E-state index in [9.17, 15) is 19.5 Å². The number of carboxylic acids is 1. The lowest BCUT2D eigenvalue weighted by molar-refractivity contribution is -0.148. The van der Waals surface area contributed by atoms with Gasteiger partial charge in [0.1, 0.15) is 6.04 Å². The normalized spacial score (nSPS) is 19.1. The van der Waals surface area contributed by atoms with Crippen LogP contribution in [0.2, 0.25) is 0 Å². The summed E-state index contributed by atoms with van der Waals surface area (Å²) in [5.74, 6) is -2.46. The highest BCUT2D eigenvalue weighted by Gasteiger charge is 2.41. The van der Waals surface area contributed by atoms with E-state index in [1.165, 1.54) is 12.0 Å². The van der Waals surface area contributed by atoms with Gasteiger partial charge in [-0.3, -0.25) is 9.59 Å². The highest BCUT2D eigenvalue weighted by atomic mass is 16.5. The van der Waals surface area contributed by atoms with Gasteiger partial charge in [0, 0.05) is 19.4 Å². The molecule has 0 aromatic heterocycles. The topological polar surface area (TPSA) is 83.9 Å². The number of aryl methyl sites for hydroxylation is 1. The molecule has 0 radical (unpaired) electrons. The van der Waals surface area contributed by atoms with E-state index >= 15 is 0 Å². The molecule has 0 saturated carbocycles. The lowest BCUT2D eigenvalue weighted by Crippen LogP contribution is -2.44. The third-order valence-electron chi connectivity index (χ3n) is 3.87. The van der Waals surface area contributed by atoms with Gasteiger partial charge in [-0.1, -0.05) is 29.8 Å². The van der Waals surface area contributed by atoms with Crippen LogP contribution in [0.3, 0.4) is 0 Å². The maximum absolute atomic E-state index is 12.1. The Morgan fingerprint density at radius 3 is 2.77 bits per heavy atom. The Balaban J connectivity index is 2.16. The number of esters is 1. The standard InChI is InChI=1S/C16H19NO5/c1-10-4-3-5-11(6-10)7-13(15(19)20)17-9-12(8-14(17)18)16(21)22-2/h3-6,12-13H,7-9H2,1-2H3,(H,19,20)/t12?,13-/m0/s1. The summed E-state index contributed by atoms with van der Waals surface area (Å²) >= 11 is 0. The minimum Gasteiger partial charge on any atom is -0.480 e. The number of hydrogen-bond donors (Lipinski definition) is 1. The lowest BCUT2D eigenvalue weighted by atomic mass is 10.0. The summed E-state index contributed by atoms with van der Waals surface area (Å²) in [5.41, 5.74) is 1.88. The molecule has 0 bridgehead atoms. The number of likely N-dealkylation sites (tertiary alicyclic amines) is 1. The van der Waals surface area contributed by atoms with Gasteiger partial charge in [0.25, 0.3) is 0 Å². The fourth-order valence-corrected chi connectivity index (χ4v) is 2.75. The fraction of sp³-hybridized carbons (Fsp3) is 0.438. The van der Waals surface area contributed by atoms with Crippen molar-refractivity contribution in [1.29, 1.82) is 0 Å². The molecular formula is C16H19NO5. The van der Waals surface area contributed by atoms with E-state index in [1.54, 1.807) is 0 Å². The van der Waals surface area contributed by atoms with Crippen LogP contribution in [-0.2, 0) is 25.5 Å². The molecule has 1 aromatic carbocycles. The van der Waals surface area contributed by atoms with E-state index in [0.29, 0.717) is 0 Å². The first-order valence-corrected chi connectivity index (χ1v) is 7.08. The number of rotatable bonds is 5. The van der Waals surface area contributed by atoms with Crippen molar-refractivity contribution in [2.75, 3.05) is 13.7 Å². The summed E-state index contributed by atoms with van der Waals surface area (Å²) < 4.78 is 4.64. The number of methoxy groups -OCH3 is 1. The molecule has 0 aliphatic carbocycles. The van der Waals surface area contributed by atoms with Crippen molar-refractivity contribution in [3.8, 4) is 0 Å². The predicted octanol–water partition coefficient (Wildman–Crippen LogP) is 1.01. The zero-order valence-corrected chi connectivity index (χ0v) is 12.6. The largest absolute Gasteiger partial charge is 0.480 e. The quantitative estimate of drug-likeness (QED) is 0.821. The Bertz CT molecular complexity index is 598. The third kappa shape index (κ3) is 3.44. The smallest absolute Gasteiger partial charge is 0.326 e. The number of amides is 1. The van der Waals surface area contributed by atoms with E-state index < -0.39 is 23.9 Å². The van der Waals surface area contributed by atoms with Gasteiger partial charge in [0.2, 0.25) is 5.91 Å². The van der Waals surface area contributed by atoms with Crippen LogP contribution < -0.4 is 0 Å². The maximum Gasteiger partial charge on any atom is 0.326 e. The van der Waals surface area contributed by atoms with Gasteiger partial charge < -0.3 is 14.7 Å². The molecule has 6 nitrogen and oxygen atoms in total. The van der Waals surface area contributed by atoms with Crippen LogP contribution in [0.15, 0.2) is 24.3 Å². The van der Waals surface area contributed by atoms with Crippen molar-refractivity contribution in [3.05, 3.63) is 35.4 Å². The molecule has 1 aliphatic heterocycles. The number of hydrogen-bond acceptors (Lipinski definition) is 4. The average molecular weight is 305 g/mol. The molecule has 2 atom stereocenters. The van der Waals surface area contributed by atoms with E-state index in [2.05, 4.69) is 4.74 Å². The zero-order valence-electron chi connectivity index (χ0n) is 12.6. The number of aliphatic carboxylic acids is 1. The third-order valence-corrected chi connectivity index (χ3v) is 3.87. The first-order valence-electron chi connectivity index (χ1n) is 7.08. The molecule has 1 amide bonds. The van der Waals surface area contributed by atoms with Crippen LogP contribution in [-0.4, -0.2) is 47.5 Å². The van der Waals surface area contributed by atoms with Crippen LogP contribution >= 0.6 is 0 Å². The number of nitrogens with zero attached hydrogens (tertiary/aromatic N) is 1. The SMILES string of the molecule is COC(=O)C1CC(=O)N([C@@H](Cc2cccc(C)c2)C(=O)O)C1. The predicted molar refractivity (Wildman–Crippen MR) is 78.1 cm³/mol. The Hall–Kier alpha value is -2.37. The molecule has 6 heteroatoms. The van der Waals surface area contributed by atoms with Gasteiger partial charge in [-0.05, 0) is 12.5 Å². The van der Waals surface area contributed by atoms with Gasteiger partial charge in [0.05, 0.1) is 13.0 Å². The van der Waals surface area contributed by atoms with E-state index in [1.807, 2.05) is 31.2 Å². The molecule has 118 valence electrons. The number of carbonyl (C=O) groups is 3. The first kappa shape index (κ1) is 16.0. The molecule has 1 unspecified atom stereocenters. The second-order valence-corrected chi connectivity index (χ2v) is 5.52. The van der Waals surface area contributed by atoms with Crippen molar-refractivity contribution in [2.24, 2.45) is 5.92 Å². The van der Waals surface area contributed by atoms with Gasteiger partial charge >= 0.3 is 11.9 Å². The molecule has 22 heavy (non-hydrogen) atoms. The van der Waals surface area contributed by atoms with E-state index in [4.69, 9.17) is 0 Å². The minimum absolute atomic E-state index is 0.00424. The van der Waals surface area contributed by atoms with Crippen LogP contribution in [0.1, 0.15) is 17.5 Å². The molecule has 1 aliphatic rings. The van der Waals surface area contributed by atoms with Gasteiger partial charge in [-0.25, -0.2) is 4.79 Å². The molecule has 2 rings (SSSR count). The molecule has 1 heterocycles. The molecule has 1 N–H and O–H groups in total. The van der Waals surface area contributed by atoms with Gasteiger partial charge in [-0.2, -0.15) is 0 Å². The number of benzene rings is 1. The Kier molecular flexibility index (Phi) is 4.80. The van der Waals surface area contributed by atoms with Crippen LogP contribution in [0.4, 0.5) is 0 Å². The van der Waals surface area contributed by atoms with Crippen LogP contribution in [0.25, 0.3) is 0 Å². The maximum atomic E-state index is 12.1. The second-order valence-electron chi connectivity index (χ2n) is 5.52. The summed E-state index contributed by atoms with van der Waals surface area (Å²) in [6, 6.07) is 6.54. The Labute approximate surface area is 128 Å². The summed E-state index contributed by atoms with van der Waals surface area (Å²) in [6.07, 6.45) is 0.223. The van der Waals surface area contributed by atoms with E-state index in [0.717, 1.165) is 11.1 Å². The summed E-state index contributed by atoms with van der Waals surface area (Å²) in [4.78, 5) is 36.4. The zero-order chi connectivity index (χ0) is 16.3. The molecule has 0 spiro atoms. The van der Waals surface area contributed by atoms with Gasteiger partial charge in [-0.15, -0.1) is 0 Å². The van der Waals surface area contributed by atoms with Crippen molar-refractivity contribution < 1.29 is 24.2 Å². The minimum atomic E-state index is -1.07. The van der Waals surface area contributed by atoms with E-state index in [-0.39, 0.29) is 25.3 Å². The summed E-state index contributed by atoms with van der Waals surface area (Å²) in [6.45, 7) is 2.02. The van der Waals surface area contributed by atoms with Crippen molar-refractivity contribution in [3.63, 3.8) is 0 Å². The monoisotopic (exact) mass is 305 g/mol. The van der Waals surface area contributed by atoms with Gasteiger partial charge in [0.15, 0.2) is 0 Å². The summed E-state index contributed by atoms with van der Waals surface area (Å²) in [7, 11) is 1.26. The average Bonchev–Trinajstić information content (AvgIpc) is 2.85. The first-order chi connectivity index (χ1) is 10.4. The molecule has 1 saturated heterocycles. The van der Waals surface area contributed by atoms with Crippen LogP contribution in [0, 0.1) is 12.8 Å². The van der Waals surface area contributed by atoms with Crippen molar-refractivity contribution in [2.45, 2.75) is 25.8 Å². The number of ether oxygens (including phenoxy) is 1. The highest BCUT2D eigenvalue weighted by Crippen LogP contribution is 2.23. The fourth-order valence-electron chi connectivity index (χ4n) is 2.75. The van der Waals surface area contributed by atoms with Crippen molar-refractivity contribution >= 4 is 17.8 Å². The second kappa shape index (κ2) is 6.60. The lowest BCUT2D eigenvalue weighted by Gasteiger charge is -2.24. The highest BCUT2D eigenvalue weighted by molar-refractivity contribution is 5.90. The molecule has 1 fully saturated rings. The number of carboxylic acid groups (broad SMARTS) is 1. The Morgan fingerprint density at radius 2 is 2.18 bits per heavy atom. The summed E-state index contributed by atoms with van der Waals surface area (Å²) in [5, 5.41) is 9.45. The molecule has 1 aromatic rings. The molecular weight excluding hydrogens is 286 g/mol. The van der Waals surface area contributed by atoms with Crippen LogP contribution in [0.5, 0.6) is 0 Å². The Morgan fingerprint density at radius 1 is 1.45 bits per heavy atom. The van der Waals surface area contributed by atoms with Crippen molar-refractivity contribution in [1.82, 2.24) is 4.90 Å².